The lowest BCUT2D eigenvalue weighted by molar-refractivity contribution is 0.0956. The third-order valence-corrected chi connectivity index (χ3v) is 1.77. The lowest BCUT2D eigenvalue weighted by Gasteiger charge is -1.90. The Morgan fingerprint density at radius 2 is 2.42 bits per heavy atom. The fraction of sp³-hybridized carbons (Fsp3) is 0.222. The highest BCUT2D eigenvalue weighted by molar-refractivity contribution is 9.10. The summed E-state index contributed by atoms with van der Waals surface area (Å²) in [7, 11) is 0. The second kappa shape index (κ2) is 4.13. The van der Waals surface area contributed by atoms with Gasteiger partial charge in [-0.15, -0.1) is 12.3 Å². The van der Waals surface area contributed by atoms with Crippen LogP contribution in [0.15, 0.2) is 21.2 Å². The number of halogens is 1. The summed E-state index contributed by atoms with van der Waals surface area (Å²) in [6.45, 7) is 0. The Labute approximate surface area is 79.1 Å². The molecule has 1 aromatic heterocycles. The number of terminal acetylenes is 1. The van der Waals surface area contributed by atoms with Gasteiger partial charge in [0.05, 0.1) is 0 Å². The molecule has 0 saturated carbocycles. The molecule has 0 radical (unpaired) electrons. The van der Waals surface area contributed by atoms with E-state index < -0.39 is 0 Å². The van der Waals surface area contributed by atoms with E-state index in [4.69, 9.17) is 10.8 Å². The molecule has 0 atom stereocenters. The van der Waals surface area contributed by atoms with Gasteiger partial charge in [0.25, 0.3) is 0 Å². The molecule has 0 aliphatic heterocycles. The molecule has 12 heavy (non-hydrogen) atoms. The molecule has 0 amide bonds. The first kappa shape index (κ1) is 9.08. The molecule has 0 saturated heterocycles. The monoisotopic (exact) mass is 226 g/mol. The molecular formula is C9H7BrO2. The third kappa shape index (κ3) is 2.24. The number of Topliss-reactive ketones (excluding diaryl/α,β-unsaturated/α-hetero) is 1. The Hall–Kier alpha value is -1.01. The van der Waals surface area contributed by atoms with E-state index in [-0.39, 0.29) is 5.78 Å². The summed E-state index contributed by atoms with van der Waals surface area (Å²) in [5.74, 6) is 2.70. The Balaban J connectivity index is 2.61. The summed E-state index contributed by atoms with van der Waals surface area (Å²) >= 11 is 3.11. The van der Waals surface area contributed by atoms with Crippen molar-refractivity contribution in [2.24, 2.45) is 0 Å². The number of carbonyl (C=O) groups excluding carboxylic acids is 1. The molecule has 1 rings (SSSR count). The quantitative estimate of drug-likeness (QED) is 0.586. The van der Waals surface area contributed by atoms with Crippen molar-refractivity contribution < 1.29 is 9.21 Å². The maximum Gasteiger partial charge on any atom is 0.198 e. The van der Waals surface area contributed by atoms with E-state index in [2.05, 4.69) is 21.9 Å². The molecule has 2 nitrogen and oxygen atoms in total. The molecule has 1 heterocycles. The highest BCUT2D eigenvalue weighted by atomic mass is 79.9. The standard InChI is InChI=1S/C9H7BrO2/c1-2-3-4-7(11)8-5-6-9(10)12-8/h1,5-6H,3-4H2. The van der Waals surface area contributed by atoms with Crippen LogP contribution in [-0.2, 0) is 0 Å². The van der Waals surface area contributed by atoms with Gasteiger partial charge < -0.3 is 4.42 Å². The lowest BCUT2D eigenvalue weighted by Crippen LogP contribution is -1.95. The summed E-state index contributed by atoms with van der Waals surface area (Å²) in [6.07, 6.45) is 5.82. The normalized spacial score (nSPS) is 9.33. The molecule has 0 unspecified atom stereocenters. The molecule has 3 heteroatoms. The zero-order chi connectivity index (χ0) is 8.97. The smallest absolute Gasteiger partial charge is 0.198 e. The van der Waals surface area contributed by atoms with Crippen molar-refractivity contribution in [1.82, 2.24) is 0 Å². The zero-order valence-corrected chi connectivity index (χ0v) is 7.93. The van der Waals surface area contributed by atoms with E-state index in [9.17, 15) is 4.79 Å². The van der Waals surface area contributed by atoms with Crippen LogP contribution in [0.3, 0.4) is 0 Å². The van der Waals surface area contributed by atoms with E-state index in [1.54, 1.807) is 12.1 Å². The highest BCUT2D eigenvalue weighted by Crippen LogP contribution is 2.15. The van der Waals surface area contributed by atoms with E-state index in [0.717, 1.165) is 0 Å². The molecule has 0 aliphatic rings. The average molecular weight is 227 g/mol. The van der Waals surface area contributed by atoms with Gasteiger partial charge in [-0.2, -0.15) is 0 Å². The minimum atomic E-state index is -0.0568. The predicted molar refractivity (Wildman–Crippen MR) is 48.8 cm³/mol. The van der Waals surface area contributed by atoms with Crippen LogP contribution < -0.4 is 0 Å². The van der Waals surface area contributed by atoms with Crippen molar-refractivity contribution in [3.63, 3.8) is 0 Å². The molecule has 0 aromatic carbocycles. The highest BCUT2D eigenvalue weighted by Gasteiger charge is 2.08. The van der Waals surface area contributed by atoms with Crippen molar-refractivity contribution >= 4 is 21.7 Å². The fourth-order valence-electron chi connectivity index (χ4n) is 0.773. The second-order valence-electron chi connectivity index (χ2n) is 2.23. The van der Waals surface area contributed by atoms with Gasteiger partial charge in [0, 0.05) is 12.8 Å². The van der Waals surface area contributed by atoms with Gasteiger partial charge in [-0.25, -0.2) is 0 Å². The van der Waals surface area contributed by atoms with Gasteiger partial charge in [-0.05, 0) is 28.1 Å². The first-order valence-electron chi connectivity index (χ1n) is 3.46. The fourth-order valence-corrected chi connectivity index (χ4v) is 1.08. The SMILES string of the molecule is C#CCCC(=O)c1ccc(Br)o1. The maximum atomic E-state index is 11.2. The van der Waals surface area contributed by atoms with Gasteiger partial charge in [-0.3, -0.25) is 4.79 Å². The van der Waals surface area contributed by atoms with Crippen LogP contribution in [0.2, 0.25) is 0 Å². The van der Waals surface area contributed by atoms with Crippen molar-refractivity contribution in [2.45, 2.75) is 12.8 Å². The third-order valence-electron chi connectivity index (χ3n) is 1.34. The van der Waals surface area contributed by atoms with Crippen LogP contribution in [0.4, 0.5) is 0 Å². The summed E-state index contributed by atoms with van der Waals surface area (Å²) in [6, 6.07) is 3.31. The van der Waals surface area contributed by atoms with Crippen LogP contribution in [0.1, 0.15) is 23.4 Å². The molecule has 62 valence electrons. The van der Waals surface area contributed by atoms with Crippen LogP contribution in [0.25, 0.3) is 0 Å². The first-order valence-corrected chi connectivity index (χ1v) is 4.25. The minimum Gasteiger partial charge on any atom is -0.446 e. The summed E-state index contributed by atoms with van der Waals surface area (Å²) in [5, 5.41) is 0. The average Bonchev–Trinajstić information content (AvgIpc) is 2.47. The van der Waals surface area contributed by atoms with Gasteiger partial charge in [0.1, 0.15) is 0 Å². The van der Waals surface area contributed by atoms with Crippen LogP contribution >= 0.6 is 15.9 Å². The number of hydrogen-bond donors (Lipinski definition) is 0. The van der Waals surface area contributed by atoms with Gasteiger partial charge >= 0.3 is 0 Å². The molecule has 1 aromatic rings. The van der Waals surface area contributed by atoms with Crippen molar-refractivity contribution in [2.75, 3.05) is 0 Å². The lowest BCUT2D eigenvalue weighted by atomic mass is 10.2. The zero-order valence-electron chi connectivity index (χ0n) is 6.34. The Morgan fingerprint density at radius 3 is 2.92 bits per heavy atom. The molecule has 0 bridgehead atoms. The number of carbonyl (C=O) groups is 1. The van der Waals surface area contributed by atoms with Crippen molar-refractivity contribution in [3.8, 4) is 12.3 Å². The van der Waals surface area contributed by atoms with E-state index in [1.807, 2.05) is 0 Å². The number of ketones is 1. The number of furan rings is 1. The topological polar surface area (TPSA) is 30.2 Å². The number of hydrogen-bond acceptors (Lipinski definition) is 2. The molecular weight excluding hydrogens is 220 g/mol. The predicted octanol–water partition coefficient (Wildman–Crippen LogP) is 2.64. The van der Waals surface area contributed by atoms with Gasteiger partial charge in [-0.1, -0.05) is 0 Å². The van der Waals surface area contributed by atoms with E-state index in [0.29, 0.717) is 23.3 Å². The molecule has 0 N–H and O–H groups in total. The minimum absolute atomic E-state index is 0.0568. The van der Waals surface area contributed by atoms with Crippen molar-refractivity contribution in [3.05, 3.63) is 22.6 Å². The molecule has 0 fully saturated rings. The summed E-state index contributed by atoms with van der Waals surface area (Å²) in [4.78, 5) is 11.2. The Bertz CT molecular complexity index is 320. The number of rotatable bonds is 3. The summed E-state index contributed by atoms with van der Waals surface area (Å²) in [5.41, 5.74) is 0. The maximum absolute atomic E-state index is 11.2. The summed E-state index contributed by atoms with van der Waals surface area (Å²) < 4.78 is 5.60. The van der Waals surface area contributed by atoms with Gasteiger partial charge in [0.15, 0.2) is 16.2 Å². The van der Waals surface area contributed by atoms with Crippen LogP contribution in [0, 0.1) is 12.3 Å². The van der Waals surface area contributed by atoms with E-state index >= 15 is 0 Å². The van der Waals surface area contributed by atoms with E-state index in [1.165, 1.54) is 0 Å². The van der Waals surface area contributed by atoms with Crippen molar-refractivity contribution in [1.29, 1.82) is 0 Å². The largest absolute Gasteiger partial charge is 0.446 e. The van der Waals surface area contributed by atoms with Crippen LogP contribution in [0.5, 0.6) is 0 Å². The van der Waals surface area contributed by atoms with Gasteiger partial charge in [0.2, 0.25) is 0 Å². The Morgan fingerprint density at radius 1 is 1.67 bits per heavy atom. The Kier molecular flexibility index (Phi) is 3.12. The van der Waals surface area contributed by atoms with Crippen LogP contribution in [-0.4, -0.2) is 5.78 Å². The second-order valence-corrected chi connectivity index (χ2v) is 3.01. The molecule has 0 spiro atoms. The first-order chi connectivity index (χ1) is 5.74. The molecule has 0 aliphatic carbocycles.